The smallest absolute Gasteiger partial charge is 0.304 e. The highest BCUT2D eigenvalue weighted by molar-refractivity contribution is 6.17. The van der Waals surface area contributed by atoms with E-state index in [4.69, 9.17) is 13.6 Å². The molecule has 0 spiro atoms. The second-order valence-electron chi connectivity index (χ2n) is 1.55. The van der Waals surface area contributed by atoms with Gasteiger partial charge < -0.3 is 13.6 Å². The van der Waals surface area contributed by atoms with Crippen molar-refractivity contribution in [3.8, 4) is 0 Å². The van der Waals surface area contributed by atoms with Gasteiger partial charge in [0.2, 0.25) is 0 Å². The average molecular weight is 134 g/mol. The maximum Gasteiger partial charge on any atom is 0.304 e. The van der Waals surface area contributed by atoms with Crippen LogP contribution in [0.2, 0.25) is 0 Å². The van der Waals surface area contributed by atoms with Crippen molar-refractivity contribution in [2.75, 3.05) is 26.4 Å². The van der Waals surface area contributed by atoms with E-state index in [2.05, 4.69) is 0 Å². The van der Waals surface area contributed by atoms with Crippen molar-refractivity contribution in [1.82, 2.24) is 0 Å². The Morgan fingerprint density at radius 3 is 2.12 bits per heavy atom. The minimum Gasteiger partial charge on any atom is -0.396 e. The summed E-state index contributed by atoms with van der Waals surface area (Å²) in [5, 5.41) is 0. The molecule has 0 saturated carbocycles. The minimum absolute atomic E-state index is 0.628. The second kappa shape index (κ2) is 4.02. The maximum atomic E-state index is 5.07. The second-order valence-corrected chi connectivity index (χ2v) is 2.60. The first kappa shape index (κ1) is 6.22. The van der Waals surface area contributed by atoms with Crippen LogP contribution in [0.15, 0.2) is 0 Å². The zero-order valence-electron chi connectivity index (χ0n) is 4.76. The molecule has 1 fully saturated rings. The zero-order chi connectivity index (χ0) is 5.66. The van der Waals surface area contributed by atoms with E-state index < -0.39 is 10.0 Å². The number of ether oxygens (including phenoxy) is 1. The molecule has 0 aromatic heterocycles. The fourth-order valence-corrected chi connectivity index (χ4v) is 1.10. The van der Waals surface area contributed by atoms with Crippen LogP contribution in [-0.2, 0) is 13.6 Å². The molecule has 0 aromatic rings. The molecule has 0 bridgehead atoms. The highest BCUT2D eigenvalue weighted by atomic mass is 28.3. The largest absolute Gasteiger partial charge is 0.396 e. The molecule has 4 heteroatoms. The topological polar surface area (TPSA) is 27.7 Å². The Kier molecular flexibility index (Phi) is 3.13. The average Bonchev–Trinajstić information content (AvgIpc) is 1.62. The first-order valence-corrected chi connectivity index (χ1v) is 3.89. The van der Waals surface area contributed by atoms with Crippen molar-refractivity contribution >= 4 is 10.0 Å². The van der Waals surface area contributed by atoms with Gasteiger partial charge >= 0.3 is 10.0 Å². The van der Waals surface area contributed by atoms with Gasteiger partial charge in [-0.2, -0.15) is 0 Å². The van der Waals surface area contributed by atoms with Crippen molar-refractivity contribution < 1.29 is 13.6 Å². The molecule has 0 aliphatic carbocycles. The van der Waals surface area contributed by atoms with Crippen molar-refractivity contribution in [3.05, 3.63) is 0 Å². The molecule has 0 atom stereocenters. The summed E-state index contributed by atoms with van der Waals surface area (Å²) in [7, 11) is -0.628. The third kappa shape index (κ3) is 2.42. The van der Waals surface area contributed by atoms with Gasteiger partial charge in [-0.1, -0.05) is 0 Å². The van der Waals surface area contributed by atoms with Crippen LogP contribution in [0.25, 0.3) is 0 Å². The van der Waals surface area contributed by atoms with Crippen LogP contribution in [0.3, 0.4) is 0 Å². The molecule has 1 aliphatic rings. The van der Waals surface area contributed by atoms with Gasteiger partial charge in [-0.05, 0) is 0 Å². The molecule has 0 unspecified atom stereocenters. The quantitative estimate of drug-likeness (QED) is 0.400. The van der Waals surface area contributed by atoms with E-state index in [1.807, 2.05) is 0 Å². The molecule has 0 N–H and O–H groups in total. The number of hydrogen-bond acceptors (Lipinski definition) is 3. The third-order valence-corrected chi connectivity index (χ3v) is 1.82. The van der Waals surface area contributed by atoms with Gasteiger partial charge in [-0.3, -0.25) is 0 Å². The molecule has 1 saturated heterocycles. The van der Waals surface area contributed by atoms with Gasteiger partial charge in [0.25, 0.3) is 0 Å². The van der Waals surface area contributed by atoms with Gasteiger partial charge in [-0.15, -0.1) is 0 Å². The molecule has 0 radical (unpaired) electrons. The fraction of sp³-hybridized carbons (Fsp3) is 1.00. The predicted molar refractivity (Wildman–Crippen MR) is 31.3 cm³/mol. The first-order valence-electron chi connectivity index (χ1n) is 2.73. The van der Waals surface area contributed by atoms with E-state index in [9.17, 15) is 0 Å². The van der Waals surface area contributed by atoms with Crippen LogP contribution >= 0.6 is 0 Å². The van der Waals surface area contributed by atoms with Crippen LogP contribution in [0.1, 0.15) is 0 Å². The van der Waals surface area contributed by atoms with Crippen molar-refractivity contribution in [1.29, 1.82) is 0 Å². The molecule has 0 aromatic carbocycles. The minimum atomic E-state index is -0.628. The molecule has 0 amide bonds. The maximum absolute atomic E-state index is 5.07. The molecule has 1 aliphatic heterocycles. The van der Waals surface area contributed by atoms with Crippen molar-refractivity contribution in [2.24, 2.45) is 0 Å². The lowest BCUT2D eigenvalue weighted by atomic mass is 10.7. The number of hydrogen-bond donors (Lipinski definition) is 0. The molecule has 48 valence electrons. The SMILES string of the molecule is C1CO[SiH2]OCCO1. The summed E-state index contributed by atoms with van der Waals surface area (Å²) in [5.41, 5.74) is 0. The van der Waals surface area contributed by atoms with Crippen LogP contribution in [0.5, 0.6) is 0 Å². The molecular formula is C4H10O3Si. The Morgan fingerprint density at radius 2 is 1.50 bits per heavy atom. The monoisotopic (exact) mass is 134 g/mol. The van der Waals surface area contributed by atoms with E-state index in [1.54, 1.807) is 0 Å². The van der Waals surface area contributed by atoms with Gasteiger partial charge in [-0.25, -0.2) is 0 Å². The molecule has 1 rings (SSSR count). The first-order chi connectivity index (χ1) is 4.00. The molecular weight excluding hydrogens is 124 g/mol. The lowest BCUT2D eigenvalue weighted by molar-refractivity contribution is 0.0436. The summed E-state index contributed by atoms with van der Waals surface area (Å²) in [6, 6.07) is 0. The van der Waals surface area contributed by atoms with Crippen LogP contribution < -0.4 is 0 Å². The van der Waals surface area contributed by atoms with Crippen LogP contribution in [0, 0.1) is 0 Å². The van der Waals surface area contributed by atoms with Gasteiger partial charge in [0.1, 0.15) is 0 Å². The Morgan fingerprint density at radius 1 is 0.875 bits per heavy atom. The third-order valence-electron chi connectivity index (χ3n) is 0.911. The normalized spacial score (nSPS) is 24.0. The zero-order valence-corrected chi connectivity index (χ0v) is 6.17. The highest BCUT2D eigenvalue weighted by Gasteiger charge is 1.95. The van der Waals surface area contributed by atoms with Crippen molar-refractivity contribution in [3.63, 3.8) is 0 Å². The van der Waals surface area contributed by atoms with Gasteiger partial charge in [0, 0.05) is 0 Å². The summed E-state index contributed by atoms with van der Waals surface area (Å²) >= 11 is 0. The summed E-state index contributed by atoms with van der Waals surface area (Å²) < 4.78 is 15.2. The van der Waals surface area contributed by atoms with E-state index in [0.717, 1.165) is 13.2 Å². The predicted octanol–water partition coefficient (Wildman–Crippen LogP) is -0.951. The lowest BCUT2D eigenvalue weighted by Crippen LogP contribution is -2.18. The summed E-state index contributed by atoms with van der Waals surface area (Å²) in [6.07, 6.45) is 0. The fourth-order valence-electron chi connectivity index (χ4n) is 0.515. The van der Waals surface area contributed by atoms with E-state index in [1.165, 1.54) is 0 Å². The highest BCUT2D eigenvalue weighted by Crippen LogP contribution is 1.83. The summed E-state index contributed by atoms with van der Waals surface area (Å²) in [4.78, 5) is 0. The Hall–Kier alpha value is 0.0969. The molecule has 1 heterocycles. The number of rotatable bonds is 0. The summed E-state index contributed by atoms with van der Waals surface area (Å²) in [5.74, 6) is 0. The Labute approximate surface area is 51.0 Å². The van der Waals surface area contributed by atoms with Crippen molar-refractivity contribution in [2.45, 2.75) is 0 Å². The Balaban J connectivity index is 2.00. The van der Waals surface area contributed by atoms with E-state index in [-0.39, 0.29) is 0 Å². The Bertz CT molecular complexity index is 35.2. The van der Waals surface area contributed by atoms with Gasteiger partial charge in [0.15, 0.2) is 0 Å². The molecule has 3 nitrogen and oxygen atoms in total. The van der Waals surface area contributed by atoms with Gasteiger partial charge in [0.05, 0.1) is 26.4 Å². The lowest BCUT2D eigenvalue weighted by Gasteiger charge is -2.09. The standard InChI is InChI=1S/C4H10O3Si/c1-3-6-8-7-4-2-5-1/h1-4,8H2. The summed E-state index contributed by atoms with van der Waals surface area (Å²) in [6.45, 7) is 2.89. The van der Waals surface area contributed by atoms with Crippen LogP contribution in [0.4, 0.5) is 0 Å². The van der Waals surface area contributed by atoms with Crippen LogP contribution in [-0.4, -0.2) is 36.4 Å². The molecule has 8 heavy (non-hydrogen) atoms. The van der Waals surface area contributed by atoms with E-state index >= 15 is 0 Å². The van der Waals surface area contributed by atoms with E-state index in [0.29, 0.717) is 13.2 Å².